The van der Waals surface area contributed by atoms with E-state index >= 15 is 0 Å². The number of para-hydroxylation sites is 1. The van der Waals surface area contributed by atoms with E-state index in [0.717, 1.165) is 6.07 Å². The SMILES string of the molecule is O=C(Nc1cccc(Cl)c1)c1cnc(Nc2ccccc2C(F)(F)F)cn1. The second-order valence-electron chi connectivity index (χ2n) is 5.42. The Morgan fingerprint density at radius 2 is 1.78 bits per heavy atom. The van der Waals surface area contributed by atoms with Crippen molar-refractivity contribution in [3.8, 4) is 0 Å². The molecule has 2 aromatic carbocycles. The highest BCUT2D eigenvalue weighted by Gasteiger charge is 2.33. The van der Waals surface area contributed by atoms with Gasteiger partial charge in [-0.05, 0) is 30.3 Å². The van der Waals surface area contributed by atoms with E-state index in [1.54, 1.807) is 24.3 Å². The van der Waals surface area contributed by atoms with Crippen molar-refractivity contribution >= 4 is 34.7 Å². The summed E-state index contributed by atoms with van der Waals surface area (Å²) in [7, 11) is 0. The first-order valence-corrected chi connectivity index (χ1v) is 8.03. The van der Waals surface area contributed by atoms with Gasteiger partial charge in [0, 0.05) is 10.7 Å². The van der Waals surface area contributed by atoms with Crippen LogP contribution in [0.3, 0.4) is 0 Å². The molecule has 0 saturated carbocycles. The summed E-state index contributed by atoms with van der Waals surface area (Å²) in [6.07, 6.45) is -2.16. The van der Waals surface area contributed by atoms with Crippen molar-refractivity contribution in [3.63, 3.8) is 0 Å². The average Bonchev–Trinajstić information content (AvgIpc) is 2.62. The number of nitrogens with zero attached hydrogens (tertiary/aromatic N) is 2. The Balaban J connectivity index is 1.74. The summed E-state index contributed by atoms with van der Waals surface area (Å²) in [5.74, 6) is -0.446. The van der Waals surface area contributed by atoms with Crippen LogP contribution in [0.4, 0.5) is 30.4 Å². The van der Waals surface area contributed by atoms with Crippen LogP contribution in [0.2, 0.25) is 5.02 Å². The van der Waals surface area contributed by atoms with Gasteiger partial charge in [0.05, 0.1) is 23.6 Å². The van der Waals surface area contributed by atoms with E-state index in [9.17, 15) is 18.0 Å². The Hall–Kier alpha value is -3.13. The molecule has 5 nitrogen and oxygen atoms in total. The van der Waals surface area contributed by atoms with Crippen molar-refractivity contribution in [2.75, 3.05) is 10.6 Å². The summed E-state index contributed by atoms with van der Waals surface area (Å²) in [6, 6.07) is 11.6. The number of amides is 1. The topological polar surface area (TPSA) is 66.9 Å². The number of anilines is 3. The summed E-state index contributed by atoms with van der Waals surface area (Å²) >= 11 is 5.85. The molecule has 0 fully saturated rings. The van der Waals surface area contributed by atoms with Crippen molar-refractivity contribution in [2.45, 2.75) is 6.18 Å². The fourth-order valence-electron chi connectivity index (χ4n) is 2.25. The average molecular weight is 393 g/mol. The minimum atomic E-state index is -4.51. The van der Waals surface area contributed by atoms with Crippen LogP contribution in [0.5, 0.6) is 0 Å². The van der Waals surface area contributed by atoms with E-state index in [2.05, 4.69) is 20.6 Å². The third-order valence-electron chi connectivity index (χ3n) is 3.46. The zero-order valence-electron chi connectivity index (χ0n) is 13.6. The molecule has 0 saturated heterocycles. The normalized spacial score (nSPS) is 11.1. The smallest absolute Gasteiger partial charge is 0.338 e. The summed E-state index contributed by atoms with van der Waals surface area (Å²) < 4.78 is 39.1. The van der Waals surface area contributed by atoms with Crippen LogP contribution in [0.1, 0.15) is 16.1 Å². The van der Waals surface area contributed by atoms with Crippen molar-refractivity contribution in [1.29, 1.82) is 0 Å². The van der Waals surface area contributed by atoms with Gasteiger partial charge >= 0.3 is 6.18 Å². The van der Waals surface area contributed by atoms with Gasteiger partial charge in [0.25, 0.3) is 5.91 Å². The molecule has 27 heavy (non-hydrogen) atoms. The third-order valence-corrected chi connectivity index (χ3v) is 3.70. The van der Waals surface area contributed by atoms with Gasteiger partial charge in [0.1, 0.15) is 11.5 Å². The van der Waals surface area contributed by atoms with Crippen molar-refractivity contribution < 1.29 is 18.0 Å². The number of hydrogen-bond donors (Lipinski definition) is 2. The van der Waals surface area contributed by atoms with Crippen LogP contribution in [0.15, 0.2) is 60.9 Å². The Bertz CT molecular complexity index is 961. The van der Waals surface area contributed by atoms with Gasteiger partial charge in [0.15, 0.2) is 0 Å². The molecule has 3 rings (SSSR count). The lowest BCUT2D eigenvalue weighted by molar-refractivity contribution is -0.136. The lowest BCUT2D eigenvalue weighted by Gasteiger charge is -2.13. The summed E-state index contributed by atoms with van der Waals surface area (Å²) in [6.45, 7) is 0. The molecular weight excluding hydrogens is 381 g/mol. The summed E-state index contributed by atoms with van der Waals surface area (Å²) in [4.78, 5) is 20.0. The van der Waals surface area contributed by atoms with Gasteiger partial charge in [-0.1, -0.05) is 29.8 Å². The number of carbonyl (C=O) groups excluding carboxylic acids is 1. The molecule has 0 radical (unpaired) electrons. The highest BCUT2D eigenvalue weighted by atomic mass is 35.5. The molecule has 138 valence electrons. The molecule has 1 heterocycles. The molecular formula is C18H12ClF3N4O. The molecule has 0 aliphatic heterocycles. The zero-order chi connectivity index (χ0) is 19.4. The van der Waals surface area contributed by atoms with Crippen molar-refractivity contribution in [3.05, 3.63) is 77.2 Å². The Kier molecular flexibility index (Phi) is 5.27. The molecule has 0 atom stereocenters. The molecule has 0 spiro atoms. The molecule has 0 aliphatic rings. The minimum Gasteiger partial charge on any atom is -0.338 e. The second-order valence-corrected chi connectivity index (χ2v) is 5.86. The van der Waals surface area contributed by atoms with Gasteiger partial charge in [-0.15, -0.1) is 0 Å². The molecule has 1 aromatic heterocycles. The highest BCUT2D eigenvalue weighted by Crippen LogP contribution is 2.35. The quantitative estimate of drug-likeness (QED) is 0.644. The molecule has 0 aliphatic carbocycles. The molecule has 2 N–H and O–H groups in total. The first kappa shape index (κ1) is 18.7. The second kappa shape index (κ2) is 7.63. The molecule has 9 heteroatoms. The Labute approximate surface area is 157 Å². The fraction of sp³-hybridized carbons (Fsp3) is 0.0556. The number of rotatable bonds is 4. The number of carbonyl (C=O) groups is 1. The van der Waals surface area contributed by atoms with Gasteiger partial charge in [-0.2, -0.15) is 13.2 Å². The van der Waals surface area contributed by atoms with E-state index < -0.39 is 17.6 Å². The first-order chi connectivity index (χ1) is 12.8. The Morgan fingerprint density at radius 1 is 1.00 bits per heavy atom. The molecule has 0 bridgehead atoms. The van der Waals surface area contributed by atoms with Crippen molar-refractivity contribution in [1.82, 2.24) is 9.97 Å². The maximum atomic E-state index is 13.0. The maximum Gasteiger partial charge on any atom is 0.418 e. The number of benzene rings is 2. The van der Waals surface area contributed by atoms with Crippen LogP contribution in [0, 0.1) is 0 Å². The molecule has 3 aromatic rings. The predicted octanol–water partition coefficient (Wildman–Crippen LogP) is 5.14. The van der Waals surface area contributed by atoms with Crippen LogP contribution in [-0.2, 0) is 6.18 Å². The number of aromatic nitrogens is 2. The van der Waals surface area contributed by atoms with E-state index in [4.69, 9.17) is 11.6 Å². The predicted molar refractivity (Wildman–Crippen MR) is 96.2 cm³/mol. The summed E-state index contributed by atoms with van der Waals surface area (Å²) in [5.41, 5.74) is -0.495. The van der Waals surface area contributed by atoms with Crippen LogP contribution in [-0.4, -0.2) is 15.9 Å². The number of halogens is 4. The van der Waals surface area contributed by atoms with Gasteiger partial charge in [0.2, 0.25) is 0 Å². The lowest BCUT2D eigenvalue weighted by atomic mass is 10.1. The van der Waals surface area contributed by atoms with Crippen LogP contribution in [0.25, 0.3) is 0 Å². The standard InChI is InChI=1S/C18H12ClF3N4O/c19-11-4-3-5-12(8-11)25-17(27)15-9-24-16(10-23-15)26-14-7-2-1-6-13(14)18(20,21)22/h1-10H,(H,24,26)(H,25,27). The first-order valence-electron chi connectivity index (χ1n) is 7.65. The van der Waals surface area contributed by atoms with Crippen LogP contribution >= 0.6 is 11.6 Å². The third kappa shape index (κ3) is 4.73. The number of hydrogen-bond acceptors (Lipinski definition) is 4. The number of nitrogens with one attached hydrogen (secondary N) is 2. The van der Waals surface area contributed by atoms with Crippen molar-refractivity contribution in [2.24, 2.45) is 0 Å². The number of alkyl halides is 3. The minimum absolute atomic E-state index is 0.00429. The van der Waals surface area contributed by atoms with Crippen LogP contribution < -0.4 is 10.6 Å². The fourth-order valence-corrected chi connectivity index (χ4v) is 2.44. The van der Waals surface area contributed by atoms with E-state index in [1.807, 2.05) is 0 Å². The Morgan fingerprint density at radius 3 is 2.44 bits per heavy atom. The summed E-state index contributed by atoms with van der Waals surface area (Å²) in [5, 5.41) is 5.62. The zero-order valence-corrected chi connectivity index (χ0v) is 14.3. The van der Waals surface area contributed by atoms with Gasteiger partial charge < -0.3 is 10.6 Å². The van der Waals surface area contributed by atoms with Gasteiger partial charge in [-0.25, -0.2) is 9.97 Å². The largest absolute Gasteiger partial charge is 0.418 e. The maximum absolute atomic E-state index is 13.0. The molecule has 0 unspecified atom stereocenters. The monoisotopic (exact) mass is 392 g/mol. The van der Waals surface area contributed by atoms with E-state index in [0.29, 0.717) is 10.7 Å². The van der Waals surface area contributed by atoms with E-state index in [1.165, 1.54) is 30.6 Å². The highest BCUT2D eigenvalue weighted by molar-refractivity contribution is 6.30. The van der Waals surface area contributed by atoms with E-state index in [-0.39, 0.29) is 17.2 Å². The molecule has 1 amide bonds. The van der Waals surface area contributed by atoms with Gasteiger partial charge in [-0.3, -0.25) is 4.79 Å². The lowest BCUT2D eigenvalue weighted by Crippen LogP contribution is -2.14.